The molecule has 0 amide bonds. The molecule has 0 aromatic heterocycles. The Bertz CT molecular complexity index is 454. The van der Waals surface area contributed by atoms with Gasteiger partial charge in [-0.3, -0.25) is 4.90 Å². The molecule has 2 bridgehead atoms. The summed E-state index contributed by atoms with van der Waals surface area (Å²) in [5.41, 5.74) is 2.77. The van der Waals surface area contributed by atoms with E-state index in [0.29, 0.717) is 6.04 Å². The van der Waals surface area contributed by atoms with E-state index in [4.69, 9.17) is 0 Å². The molecule has 3 heteroatoms. The van der Waals surface area contributed by atoms with Crippen LogP contribution < -0.4 is 10.2 Å². The van der Waals surface area contributed by atoms with E-state index in [1.807, 2.05) is 0 Å². The van der Waals surface area contributed by atoms with Crippen molar-refractivity contribution >= 4 is 5.69 Å². The van der Waals surface area contributed by atoms with Crippen LogP contribution in [0.2, 0.25) is 0 Å². The Morgan fingerprint density at radius 3 is 2.52 bits per heavy atom. The van der Waals surface area contributed by atoms with Crippen LogP contribution in [0.25, 0.3) is 0 Å². The number of fused-ring (bicyclic) bond motifs is 2. The number of nitrogens with zero attached hydrogens (tertiary/aromatic N) is 2. The molecule has 21 heavy (non-hydrogen) atoms. The number of hydrogen-bond acceptors (Lipinski definition) is 3. The summed E-state index contributed by atoms with van der Waals surface area (Å²) in [6.45, 7) is 7.74. The van der Waals surface area contributed by atoms with Gasteiger partial charge in [0.15, 0.2) is 0 Å². The Morgan fingerprint density at radius 2 is 1.81 bits per heavy atom. The minimum atomic E-state index is 0.543. The number of nitrogens with one attached hydrogen (secondary N) is 1. The number of hydrogen-bond donors (Lipinski definition) is 1. The summed E-state index contributed by atoms with van der Waals surface area (Å²) in [7, 11) is 2.31. The molecule has 0 saturated carbocycles. The van der Waals surface area contributed by atoms with Gasteiger partial charge in [0.1, 0.15) is 0 Å². The van der Waals surface area contributed by atoms with Crippen LogP contribution in [0.1, 0.15) is 38.7 Å². The lowest BCUT2D eigenvalue weighted by Gasteiger charge is -2.27. The first-order valence-electron chi connectivity index (χ1n) is 8.42. The molecular weight excluding hydrogens is 258 g/mol. The third-order valence-corrected chi connectivity index (χ3v) is 5.16. The summed E-state index contributed by atoms with van der Waals surface area (Å²) in [5.74, 6) is 0. The Labute approximate surface area is 129 Å². The van der Waals surface area contributed by atoms with Crippen LogP contribution in [-0.4, -0.2) is 43.2 Å². The fourth-order valence-corrected chi connectivity index (χ4v) is 3.69. The first kappa shape index (κ1) is 14.9. The monoisotopic (exact) mass is 287 g/mol. The zero-order chi connectivity index (χ0) is 14.8. The van der Waals surface area contributed by atoms with Gasteiger partial charge in [-0.2, -0.15) is 0 Å². The molecule has 2 heterocycles. The van der Waals surface area contributed by atoms with Gasteiger partial charge in [0, 0.05) is 43.4 Å². The van der Waals surface area contributed by atoms with Crippen molar-refractivity contribution < 1.29 is 0 Å². The largest absolute Gasteiger partial charge is 0.370 e. The van der Waals surface area contributed by atoms with Gasteiger partial charge in [-0.25, -0.2) is 0 Å². The van der Waals surface area contributed by atoms with Crippen molar-refractivity contribution in [1.82, 2.24) is 10.2 Å². The summed E-state index contributed by atoms with van der Waals surface area (Å²) in [6.07, 6.45) is 4.08. The van der Waals surface area contributed by atoms with Crippen molar-refractivity contribution in [3.63, 3.8) is 0 Å². The molecule has 1 N–H and O–H groups in total. The molecule has 116 valence electrons. The van der Waals surface area contributed by atoms with E-state index in [0.717, 1.165) is 18.6 Å². The fraction of sp³-hybridized carbons (Fsp3) is 0.667. The minimum absolute atomic E-state index is 0.543. The zero-order valence-electron chi connectivity index (χ0n) is 13.7. The van der Waals surface area contributed by atoms with E-state index in [1.54, 1.807) is 0 Å². The zero-order valence-corrected chi connectivity index (χ0v) is 13.7. The smallest absolute Gasteiger partial charge is 0.0366 e. The van der Waals surface area contributed by atoms with Crippen molar-refractivity contribution in [2.45, 2.75) is 57.8 Å². The molecule has 2 aliphatic heterocycles. The fourth-order valence-electron chi connectivity index (χ4n) is 3.69. The van der Waals surface area contributed by atoms with Gasteiger partial charge in [0.05, 0.1) is 0 Å². The Morgan fingerprint density at radius 1 is 1.10 bits per heavy atom. The van der Waals surface area contributed by atoms with Crippen molar-refractivity contribution in [2.24, 2.45) is 0 Å². The minimum Gasteiger partial charge on any atom is -0.370 e. The van der Waals surface area contributed by atoms with Gasteiger partial charge in [0.2, 0.25) is 0 Å². The number of likely N-dealkylation sites (N-methyl/N-ethyl adjacent to an activating group) is 1. The van der Waals surface area contributed by atoms with E-state index >= 15 is 0 Å². The predicted octanol–water partition coefficient (Wildman–Crippen LogP) is 2.86. The molecule has 1 aromatic carbocycles. The maximum atomic E-state index is 3.48. The van der Waals surface area contributed by atoms with Gasteiger partial charge >= 0.3 is 0 Å². The quantitative estimate of drug-likeness (QED) is 0.918. The van der Waals surface area contributed by atoms with Gasteiger partial charge in [-0.1, -0.05) is 26.0 Å². The van der Waals surface area contributed by atoms with Crippen LogP contribution in [0.3, 0.4) is 0 Å². The van der Waals surface area contributed by atoms with Gasteiger partial charge < -0.3 is 10.2 Å². The highest BCUT2D eigenvalue weighted by atomic mass is 15.3. The van der Waals surface area contributed by atoms with Crippen LogP contribution in [0.4, 0.5) is 5.69 Å². The molecule has 3 rings (SSSR count). The summed E-state index contributed by atoms with van der Waals surface area (Å²) in [4.78, 5) is 5.20. The molecule has 2 unspecified atom stereocenters. The second kappa shape index (κ2) is 6.37. The van der Waals surface area contributed by atoms with Crippen LogP contribution in [-0.2, 0) is 6.54 Å². The highest BCUT2D eigenvalue weighted by molar-refractivity contribution is 5.48. The molecule has 2 atom stereocenters. The third-order valence-electron chi connectivity index (χ3n) is 5.16. The predicted molar refractivity (Wildman–Crippen MR) is 89.8 cm³/mol. The lowest BCUT2D eigenvalue weighted by atomic mass is 10.1. The highest BCUT2D eigenvalue weighted by Gasteiger charge is 2.34. The second-order valence-electron chi connectivity index (χ2n) is 6.99. The van der Waals surface area contributed by atoms with E-state index in [9.17, 15) is 0 Å². The molecule has 0 spiro atoms. The highest BCUT2D eigenvalue weighted by Crippen LogP contribution is 2.30. The van der Waals surface area contributed by atoms with Gasteiger partial charge in [-0.05, 0) is 44.0 Å². The first-order chi connectivity index (χ1) is 10.1. The van der Waals surface area contributed by atoms with Crippen LogP contribution >= 0.6 is 0 Å². The maximum Gasteiger partial charge on any atom is 0.0366 e. The van der Waals surface area contributed by atoms with Crippen LogP contribution in [0.15, 0.2) is 24.3 Å². The molecule has 2 saturated heterocycles. The van der Waals surface area contributed by atoms with E-state index in [1.165, 1.54) is 43.6 Å². The van der Waals surface area contributed by atoms with Crippen LogP contribution in [0.5, 0.6) is 0 Å². The topological polar surface area (TPSA) is 18.5 Å². The standard InChI is InChI=1S/C18H29N3/c1-14(2)19-12-15-4-6-17(7-5-15)21-11-10-16-8-9-18(13-21)20(16)3/h4-7,14,16,18-19H,8-13H2,1-3H3. The molecule has 2 fully saturated rings. The molecule has 0 radical (unpaired) electrons. The Kier molecular flexibility index (Phi) is 4.51. The number of rotatable bonds is 4. The lowest BCUT2D eigenvalue weighted by Crippen LogP contribution is -2.36. The average Bonchev–Trinajstić information content (AvgIpc) is 2.71. The van der Waals surface area contributed by atoms with Crippen molar-refractivity contribution in [3.05, 3.63) is 29.8 Å². The van der Waals surface area contributed by atoms with Crippen LogP contribution in [0, 0.1) is 0 Å². The summed E-state index contributed by atoms with van der Waals surface area (Å²) < 4.78 is 0. The molecule has 2 aliphatic rings. The third kappa shape index (κ3) is 3.41. The Hall–Kier alpha value is -1.06. The van der Waals surface area contributed by atoms with E-state index in [-0.39, 0.29) is 0 Å². The molecule has 0 aliphatic carbocycles. The number of benzene rings is 1. The summed E-state index contributed by atoms with van der Waals surface area (Å²) >= 11 is 0. The molecule has 1 aromatic rings. The van der Waals surface area contributed by atoms with Crippen molar-refractivity contribution in [1.29, 1.82) is 0 Å². The van der Waals surface area contributed by atoms with E-state index in [2.05, 4.69) is 60.3 Å². The van der Waals surface area contributed by atoms with Gasteiger partial charge in [-0.15, -0.1) is 0 Å². The number of anilines is 1. The average molecular weight is 287 g/mol. The van der Waals surface area contributed by atoms with Crippen molar-refractivity contribution in [3.8, 4) is 0 Å². The Balaban J connectivity index is 1.64. The lowest BCUT2D eigenvalue weighted by molar-refractivity contribution is 0.254. The summed E-state index contributed by atoms with van der Waals surface area (Å²) in [5, 5.41) is 3.48. The van der Waals surface area contributed by atoms with Crippen molar-refractivity contribution in [2.75, 3.05) is 25.0 Å². The van der Waals surface area contributed by atoms with E-state index < -0.39 is 0 Å². The molecular formula is C18H29N3. The molecule has 3 nitrogen and oxygen atoms in total. The first-order valence-corrected chi connectivity index (χ1v) is 8.42. The summed E-state index contributed by atoms with van der Waals surface area (Å²) in [6, 6.07) is 11.3. The maximum absolute atomic E-state index is 3.48. The SMILES string of the molecule is CC(C)NCc1ccc(N2CCC3CCC(C2)N3C)cc1. The normalized spacial score (nSPS) is 26.4. The second-order valence-corrected chi connectivity index (χ2v) is 6.99. The van der Waals surface area contributed by atoms with Gasteiger partial charge in [0.25, 0.3) is 0 Å².